The third-order valence-corrected chi connectivity index (χ3v) is 3.74. The number of hydrogen-bond donors (Lipinski definition) is 1. The van der Waals surface area contributed by atoms with Gasteiger partial charge in [0.1, 0.15) is 5.82 Å². The maximum absolute atomic E-state index is 13.9. The van der Waals surface area contributed by atoms with Crippen molar-refractivity contribution >= 4 is 17.4 Å². The molecule has 0 bridgehead atoms. The van der Waals surface area contributed by atoms with Crippen molar-refractivity contribution in [1.29, 1.82) is 0 Å². The molecule has 100 valence electrons. The van der Waals surface area contributed by atoms with E-state index < -0.39 is 5.82 Å². The summed E-state index contributed by atoms with van der Waals surface area (Å²) in [5.74, 6) is -0.197. The highest BCUT2D eigenvalue weighted by Gasteiger charge is 2.09. The molecule has 0 aromatic heterocycles. The number of nitrogens with two attached hydrogens (primary N) is 1. The van der Waals surface area contributed by atoms with Gasteiger partial charge in [0.05, 0.1) is 7.11 Å². The molecule has 0 fully saturated rings. The number of nitrogen functional groups attached to an aromatic ring is 1. The topological polar surface area (TPSA) is 35.2 Å². The Morgan fingerprint density at radius 2 is 2.00 bits per heavy atom. The first-order chi connectivity index (χ1) is 9.11. The first kappa shape index (κ1) is 13.7. The predicted octanol–water partition coefficient (Wildman–Crippen LogP) is 3.85. The molecule has 0 aliphatic heterocycles. The van der Waals surface area contributed by atoms with E-state index in [0.29, 0.717) is 21.9 Å². The second-order valence-electron chi connectivity index (χ2n) is 3.90. The molecule has 0 saturated carbocycles. The standard InChI is InChI=1S/C14H13F2NOS/c1-18-12-4-2-3-9(14(12)16)8-19-13-7-10(15)5-6-11(13)17/h2-7H,8,17H2,1H3. The Kier molecular flexibility index (Phi) is 4.27. The van der Waals surface area contributed by atoms with Crippen molar-refractivity contribution in [3.8, 4) is 5.75 Å². The lowest BCUT2D eigenvalue weighted by Crippen LogP contribution is -1.94. The van der Waals surface area contributed by atoms with Gasteiger partial charge in [-0.3, -0.25) is 0 Å². The summed E-state index contributed by atoms with van der Waals surface area (Å²) in [7, 11) is 1.42. The van der Waals surface area contributed by atoms with E-state index in [9.17, 15) is 8.78 Å². The molecule has 0 unspecified atom stereocenters. The van der Waals surface area contributed by atoms with Crippen LogP contribution in [0.4, 0.5) is 14.5 Å². The fourth-order valence-electron chi connectivity index (χ4n) is 1.61. The van der Waals surface area contributed by atoms with E-state index in [-0.39, 0.29) is 11.6 Å². The van der Waals surface area contributed by atoms with Gasteiger partial charge in [-0.2, -0.15) is 0 Å². The first-order valence-electron chi connectivity index (χ1n) is 5.61. The zero-order chi connectivity index (χ0) is 13.8. The Bertz CT molecular complexity index is 590. The van der Waals surface area contributed by atoms with Gasteiger partial charge < -0.3 is 10.5 Å². The lowest BCUT2D eigenvalue weighted by Gasteiger charge is -2.08. The lowest BCUT2D eigenvalue weighted by atomic mass is 10.2. The number of methoxy groups -OCH3 is 1. The number of ether oxygens (including phenoxy) is 1. The van der Waals surface area contributed by atoms with Gasteiger partial charge in [-0.1, -0.05) is 12.1 Å². The van der Waals surface area contributed by atoms with Crippen molar-refractivity contribution in [2.45, 2.75) is 10.6 Å². The molecule has 2 aromatic rings. The molecule has 0 aliphatic carbocycles. The maximum atomic E-state index is 13.9. The summed E-state index contributed by atoms with van der Waals surface area (Å²) in [6, 6.07) is 9.08. The number of rotatable bonds is 4. The third kappa shape index (κ3) is 3.17. The molecule has 19 heavy (non-hydrogen) atoms. The Morgan fingerprint density at radius 1 is 1.21 bits per heavy atom. The van der Waals surface area contributed by atoms with Crippen molar-refractivity contribution in [3.63, 3.8) is 0 Å². The van der Waals surface area contributed by atoms with Crippen LogP contribution >= 0.6 is 11.8 Å². The van der Waals surface area contributed by atoms with Gasteiger partial charge in [0.2, 0.25) is 0 Å². The third-order valence-electron chi connectivity index (χ3n) is 2.62. The van der Waals surface area contributed by atoms with E-state index in [2.05, 4.69) is 0 Å². The molecular formula is C14H13F2NOS. The van der Waals surface area contributed by atoms with Crippen LogP contribution in [0.5, 0.6) is 5.75 Å². The average Bonchev–Trinajstić information content (AvgIpc) is 2.41. The summed E-state index contributed by atoms with van der Waals surface area (Å²) in [6.45, 7) is 0. The highest BCUT2D eigenvalue weighted by atomic mass is 32.2. The van der Waals surface area contributed by atoms with Gasteiger partial charge in [0.25, 0.3) is 0 Å². The van der Waals surface area contributed by atoms with Crippen molar-refractivity contribution in [1.82, 2.24) is 0 Å². The average molecular weight is 281 g/mol. The molecular weight excluding hydrogens is 268 g/mol. The fourth-order valence-corrected chi connectivity index (χ4v) is 2.58. The van der Waals surface area contributed by atoms with E-state index in [0.717, 1.165) is 0 Å². The van der Waals surface area contributed by atoms with Crippen LogP contribution in [0.1, 0.15) is 5.56 Å². The molecule has 2 N–H and O–H groups in total. The number of anilines is 1. The van der Waals surface area contributed by atoms with Crippen molar-refractivity contribution in [3.05, 3.63) is 53.6 Å². The summed E-state index contributed by atoms with van der Waals surface area (Å²) in [6.07, 6.45) is 0. The maximum Gasteiger partial charge on any atom is 0.169 e. The van der Waals surface area contributed by atoms with E-state index >= 15 is 0 Å². The van der Waals surface area contributed by atoms with E-state index in [4.69, 9.17) is 10.5 Å². The van der Waals surface area contributed by atoms with Gasteiger partial charge >= 0.3 is 0 Å². The number of hydrogen-bond acceptors (Lipinski definition) is 3. The monoisotopic (exact) mass is 281 g/mol. The number of thioether (sulfide) groups is 1. The largest absolute Gasteiger partial charge is 0.494 e. The Balaban J connectivity index is 2.17. The Labute approximate surface area is 114 Å². The van der Waals surface area contributed by atoms with Crippen LogP contribution in [0, 0.1) is 11.6 Å². The van der Waals surface area contributed by atoms with Gasteiger partial charge in [-0.15, -0.1) is 11.8 Å². The molecule has 0 aliphatic rings. The van der Waals surface area contributed by atoms with Crippen LogP contribution in [-0.4, -0.2) is 7.11 Å². The lowest BCUT2D eigenvalue weighted by molar-refractivity contribution is 0.385. The van der Waals surface area contributed by atoms with Crippen LogP contribution in [0.3, 0.4) is 0 Å². The normalized spacial score (nSPS) is 10.5. The van der Waals surface area contributed by atoms with Gasteiger partial charge in [-0.25, -0.2) is 8.78 Å². The van der Waals surface area contributed by atoms with Crippen molar-refractivity contribution < 1.29 is 13.5 Å². The second-order valence-corrected chi connectivity index (χ2v) is 4.92. The predicted molar refractivity (Wildman–Crippen MR) is 73.3 cm³/mol. The minimum absolute atomic E-state index is 0.199. The van der Waals surface area contributed by atoms with Gasteiger partial charge in [0.15, 0.2) is 11.6 Å². The van der Waals surface area contributed by atoms with Crippen LogP contribution in [0.25, 0.3) is 0 Å². The zero-order valence-electron chi connectivity index (χ0n) is 10.3. The molecule has 0 amide bonds. The van der Waals surface area contributed by atoms with Gasteiger partial charge in [-0.05, 0) is 24.3 Å². The molecule has 5 heteroatoms. The zero-order valence-corrected chi connectivity index (χ0v) is 11.1. The molecule has 0 radical (unpaired) electrons. The summed E-state index contributed by atoms with van der Waals surface area (Å²) in [5, 5.41) is 0. The van der Waals surface area contributed by atoms with Crippen molar-refractivity contribution in [2.24, 2.45) is 0 Å². The van der Waals surface area contributed by atoms with Gasteiger partial charge in [0, 0.05) is 21.9 Å². The Hall–Kier alpha value is -1.75. The molecule has 2 nitrogen and oxygen atoms in total. The highest BCUT2D eigenvalue weighted by Crippen LogP contribution is 2.31. The number of benzene rings is 2. The minimum Gasteiger partial charge on any atom is -0.494 e. The first-order valence-corrected chi connectivity index (χ1v) is 6.59. The smallest absolute Gasteiger partial charge is 0.169 e. The van der Waals surface area contributed by atoms with Crippen LogP contribution in [0.2, 0.25) is 0 Å². The summed E-state index contributed by atoms with van der Waals surface area (Å²) in [4.78, 5) is 0.599. The molecule has 2 aromatic carbocycles. The molecule has 0 atom stereocenters. The molecule has 2 rings (SSSR count). The highest BCUT2D eigenvalue weighted by molar-refractivity contribution is 7.98. The minimum atomic E-state index is -0.396. The fraction of sp³-hybridized carbons (Fsp3) is 0.143. The van der Waals surface area contributed by atoms with Crippen LogP contribution in [-0.2, 0) is 5.75 Å². The molecule has 0 heterocycles. The molecule has 0 spiro atoms. The second kappa shape index (κ2) is 5.93. The SMILES string of the molecule is COc1cccc(CSc2cc(F)ccc2N)c1F. The summed E-state index contributed by atoms with van der Waals surface area (Å²) >= 11 is 1.29. The van der Waals surface area contributed by atoms with Crippen LogP contribution in [0.15, 0.2) is 41.3 Å². The summed E-state index contributed by atoms with van der Waals surface area (Å²) < 4.78 is 31.9. The van der Waals surface area contributed by atoms with E-state index in [1.165, 1.54) is 37.1 Å². The Morgan fingerprint density at radius 3 is 2.74 bits per heavy atom. The quantitative estimate of drug-likeness (QED) is 0.683. The van der Waals surface area contributed by atoms with Crippen LogP contribution < -0.4 is 10.5 Å². The van der Waals surface area contributed by atoms with Crippen molar-refractivity contribution in [2.75, 3.05) is 12.8 Å². The van der Waals surface area contributed by atoms with E-state index in [1.54, 1.807) is 18.2 Å². The summed E-state index contributed by atoms with van der Waals surface area (Å²) in [5.41, 5.74) is 6.72. The number of halogens is 2. The van der Waals surface area contributed by atoms with E-state index in [1.807, 2.05) is 0 Å². The molecule has 0 saturated heterocycles.